The summed E-state index contributed by atoms with van der Waals surface area (Å²) in [5, 5.41) is 11.3. The highest BCUT2D eigenvalue weighted by Gasteiger charge is 2.19. The number of nitrogen functional groups attached to an aromatic ring is 1. The second-order valence-electron chi connectivity index (χ2n) is 4.17. The number of anilines is 2. The third-order valence-electron chi connectivity index (χ3n) is 2.81. The quantitative estimate of drug-likeness (QED) is 0.831. The molecule has 0 aliphatic rings. The van der Waals surface area contributed by atoms with Gasteiger partial charge < -0.3 is 15.6 Å². The second-order valence-corrected chi connectivity index (χ2v) is 4.17. The lowest BCUT2D eigenvalue weighted by Crippen LogP contribution is -2.24. The number of carbonyl (C=O) groups excluding carboxylic acids is 1. The van der Waals surface area contributed by atoms with Crippen LogP contribution in [0.3, 0.4) is 0 Å². The van der Waals surface area contributed by atoms with Gasteiger partial charge in [-0.3, -0.25) is 4.79 Å². The monoisotopic (exact) mass is 273 g/mol. The van der Waals surface area contributed by atoms with Crippen molar-refractivity contribution in [3.05, 3.63) is 42.2 Å². The van der Waals surface area contributed by atoms with Gasteiger partial charge >= 0.3 is 0 Å². The fraction of sp³-hybridized carbons (Fsp3) is 0.154. The van der Waals surface area contributed by atoms with Crippen LogP contribution in [-0.2, 0) is 4.79 Å². The van der Waals surface area contributed by atoms with Crippen LogP contribution in [-0.4, -0.2) is 15.5 Å². The van der Waals surface area contributed by atoms with Crippen LogP contribution in [0.15, 0.2) is 30.6 Å². The molecule has 1 heterocycles. The molecule has 7 heteroatoms. The van der Waals surface area contributed by atoms with Crippen LogP contribution in [0.5, 0.6) is 0 Å². The van der Waals surface area contributed by atoms with Crippen LogP contribution in [0.2, 0.25) is 0 Å². The maximum Gasteiger partial charge on any atom is 0.247 e. The Kier molecular flexibility index (Phi) is 3.66. The van der Waals surface area contributed by atoms with Crippen LogP contribution in [0.25, 0.3) is 0 Å². The molecule has 2 aromatic rings. The summed E-state index contributed by atoms with van der Waals surface area (Å²) in [6.07, 6.45) is 2.93. The molecule has 20 heavy (non-hydrogen) atoms. The molecule has 1 aromatic heterocycles. The van der Waals surface area contributed by atoms with E-state index in [1.165, 1.54) is 35.2 Å². The van der Waals surface area contributed by atoms with Gasteiger partial charge in [0.05, 0.1) is 5.69 Å². The summed E-state index contributed by atoms with van der Waals surface area (Å²) in [5.74, 6) is -0.935. The minimum absolute atomic E-state index is 0.000438. The van der Waals surface area contributed by atoms with Gasteiger partial charge in [-0.1, -0.05) is 0 Å². The van der Waals surface area contributed by atoms with Gasteiger partial charge in [-0.15, -0.1) is 0 Å². The molecule has 0 fully saturated rings. The minimum Gasteiger partial charge on any atom is -0.399 e. The molecule has 0 bridgehead atoms. The van der Waals surface area contributed by atoms with Gasteiger partial charge in [-0.25, -0.2) is 9.37 Å². The zero-order valence-electron chi connectivity index (χ0n) is 10.7. The summed E-state index contributed by atoms with van der Waals surface area (Å²) >= 11 is 0. The van der Waals surface area contributed by atoms with Gasteiger partial charge in [0.1, 0.15) is 17.9 Å². The number of nitrogens with one attached hydrogen (secondary N) is 1. The van der Waals surface area contributed by atoms with Crippen molar-refractivity contribution in [1.82, 2.24) is 9.55 Å². The smallest absolute Gasteiger partial charge is 0.247 e. The van der Waals surface area contributed by atoms with Crippen LogP contribution >= 0.6 is 0 Å². The third-order valence-corrected chi connectivity index (χ3v) is 2.81. The molecule has 1 atom stereocenters. The highest BCUT2D eigenvalue weighted by Crippen LogP contribution is 2.19. The van der Waals surface area contributed by atoms with Crippen molar-refractivity contribution >= 4 is 17.3 Å². The van der Waals surface area contributed by atoms with E-state index in [9.17, 15) is 9.18 Å². The second kappa shape index (κ2) is 5.40. The van der Waals surface area contributed by atoms with E-state index in [2.05, 4.69) is 10.3 Å². The van der Waals surface area contributed by atoms with Crippen molar-refractivity contribution < 1.29 is 9.18 Å². The summed E-state index contributed by atoms with van der Waals surface area (Å²) < 4.78 is 14.9. The molecule has 1 amide bonds. The van der Waals surface area contributed by atoms with E-state index in [1.807, 2.05) is 6.07 Å². The Morgan fingerprint density at radius 3 is 3.05 bits per heavy atom. The lowest BCUT2D eigenvalue weighted by molar-refractivity contribution is -0.118. The number of nitriles is 1. The summed E-state index contributed by atoms with van der Waals surface area (Å²) in [5.41, 5.74) is 5.89. The lowest BCUT2D eigenvalue weighted by Gasteiger charge is -2.14. The average Bonchev–Trinajstić information content (AvgIpc) is 2.90. The summed E-state index contributed by atoms with van der Waals surface area (Å²) in [4.78, 5) is 15.9. The predicted octanol–water partition coefficient (Wildman–Crippen LogP) is 1.68. The molecule has 3 N–H and O–H groups in total. The highest BCUT2D eigenvalue weighted by molar-refractivity contribution is 5.94. The summed E-state index contributed by atoms with van der Waals surface area (Å²) in [6, 6.07) is 5.08. The zero-order valence-corrected chi connectivity index (χ0v) is 10.7. The van der Waals surface area contributed by atoms with E-state index in [0.29, 0.717) is 5.69 Å². The molecule has 1 aromatic carbocycles. The lowest BCUT2D eigenvalue weighted by atomic mass is 10.2. The number of amides is 1. The Morgan fingerprint density at radius 1 is 1.60 bits per heavy atom. The van der Waals surface area contributed by atoms with Crippen molar-refractivity contribution in [2.24, 2.45) is 0 Å². The van der Waals surface area contributed by atoms with Gasteiger partial charge in [0.25, 0.3) is 0 Å². The highest BCUT2D eigenvalue weighted by atomic mass is 19.1. The van der Waals surface area contributed by atoms with Crippen molar-refractivity contribution in [2.75, 3.05) is 11.1 Å². The number of nitrogens with two attached hydrogens (primary N) is 1. The Morgan fingerprint density at radius 2 is 2.35 bits per heavy atom. The maximum absolute atomic E-state index is 13.5. The predicted molar refractivity (Wildman–Crippen MR) is 71.1 cm³/mol. The molecule has 2 rings (SSSR count). The fourth-order valence-corrected chi connectivity index (χ4v) is 1.71. The number of nitrogens with zero attached hydrogens (tertiary/aromatic N) is 3. The first-order chi connectivity index (χ1) is 9.52. The minimum atomic E-state index is -0.701. The fourth-order valence-electron chi connectivity index (χ4n) is 1.71. The van der Waals surface area contributed by atoms with Gasteiger partial charge in [-0.2, -0.15) is 5.26 Å². The Balaban J connectivity index is 2.20. The molecular formula is C13H12FN5O. The van der Waals surface area contributed by atoms with Crippen molar-refractivity contribution in [3.8, 4) is 6.07 Å². The number of carbonyl (C=O) groups is 1. The van der Waals surface area contributed by atoms with Gasteiger partial charge in [0.2, 0.25) is 11.7 Å². The summed E-state index contributed by atoms with van der Waals surface area (Å²) in [6.45, 7) is 1.59. The zero-order chi connectivity index (χ0) is 14.7. The Labute approximate surface area is 114 Å². The summed E-state index contributed by atoms with van der Waals surface area (Å²) in [7, 11) is 0. The topological polar surface area (TPSA) is 96.7 Å². The van der Waals surface area contributed by atoms with E-state index >= 15 is 0 Å². The molecule has 1 unspecified atom stereocenters. The number of hydrogen-bond donors (Lipinski definition) is 2. The molecule has 0 aliphatic carbocycles. The number of imidazole rings is 1. The first-order valence-corrected chi connectivity index (χ1v) is 5.81. The maximum atomic E-state index is 13.5. The van der Waals surface area contributed by atoms with E-state index in [-0.39, 0.29) is 11.5 Å². The number of benzene rings is 1. The van der Waals surface area contributed by atoms with E-state index in [0.717, 1.165) is 0 Å². The van der Waals surface area contributed by atoms with E-state index < -0.39 is 17.8 Å². The van der Waals surface area contributed by atoms with Crippen molar-refractivity contribution in [1.29, 1.82) is 5.26 Å². The molecule has 0 saturated carbocycles. The molecule has 0 saturated heterocycles. The van der Waals surface area contributed by atoms with Crippen molar-refractivity contribution in [3.63, 3.8) is 0 Å². The third kappa shape index (κ3) is 2.59. The van der Waals surface area contributed by atoms with E-state index in [1.54, 1.807) is 6.92 Å². The van der Waals surface area contributed by atoms with Crippen LogP contribution in [0.4, 0.5) is 15.8 Å². The number of hydrogen-bond acceptors (Lipinski definition) is 4. The first kappa shape index (κ1) is 13.5. The largest absolute Gasteiger partial charge is 0.399 e. The average molecular weight is 273 g/mol. The molecule has 0 spiro atoms. The number of rotatable bonds is 3. The van der Waals surface area contributed by atoms with Crippen LogP contribution < -0.4 is 11.1 Å². The van der Waals surface area contributed by atoms with Crippen molar-refractivity contribution in [2.45, 2.75) is 13.0 Å². The van der Waals surface area contributed by atoms with Gasteiger partial charge in [-0.05, 0) is 25.1 Å². The van der Waals surface area contributed by atoms with Gasteiger partial charge in [0, 0.05) is 18.1 Å². The van der Waals surface area contributed by atoms with Gasteiger partial charge in [0.15, 0.2) is 0 Å². The number of aromatic nitrogens is 2. The SMILES string of the molecule is CC(C(=O)Nc1cc(N)ccc1F)n1ccnc1C#N. The Hall–Kier alpha value is -2.88. The standard InChI is InChI=1S/C13H12FN5O/c1-8(19-5-4-17-12(19)7-15)13(20)18-11-6-9(16)2-3-10(11)14/h2-6,8H,16H2,1H3,(H,18,20). The Bertz CT molecular complexity index is 688. The van der Waals surface area contributed by atoms with E-state index in [4.69, 9.17) is 11.0 Å². The molecule has 6 nitrogen and oxygen atoms in total. The molecular weight excluding hydrogens is 261 g/mol. The van der Waals surface area contributed by atoms with Crippen LogP contribution in [0.1, 0.15) is 18.8 Å². The molecule has 102 valence electrons. The molecule has 0 aliphatic heterocycles. The molecule has 0 radical (unpaired) electrons. The number of halogens is 1. The normalized spacial score (nSPS) is 11.7. The first-order valence-electron chi connectivity index (χ1n) is 5.81. The van der Waals surface area contributed by atoms with Crippen LogP contribution in [0, 0.1) is 17.1 Å².